The van der Waals surface area contributed by atoms with Crippen LogP contribution in [-0.2, 0) is 20.2 Å². The van der Waals surface area contributed by atoms with E-state index in [1.54, 1.807) is 24.3 Å². The number of benzene rings is 3. The fraction of sp³-hybridized carbons (Fsp3) is 0.174. The van der Waals surface area contributed by atoms with Crippen molar-refractivity contribution in [2.24, 2.45) is 0 Å². The minimum atomic E-state index is -3.94. The van der Waals surface area contributed by atoms with Gasteiger partial charge in [-0.15, -0.1) is 0 Å². The van der Waals surface area contributed by atoms with Gasteiger partial charge in [-0.1, -0.05) is 24.6 Å². The van der Waals surface area contributed by atoms with Crippen molar-refractivity contribution in [3.8, 4) is 0 Å². The van der Waals surface area contributed by atoms with Crippen molar-refractivity contribution in [1.29, 1.82) is 0 Å². The van der Waals surface area contributed by atoms with Crippen molar-refractivity contribution in [2.45, 2.75) is 29.6 Å². The molecule has 0 aromatic heterocycles. The molecule has 0 atom stereocenters. The van der Waals surface area contributed by atoms with E-state index in [1.165, 1.54) is 36.4 Å². The zero-order valence-electron chi connectivity index (χ0n) is 16.4. The normalized spacial score (nSPS) is 15.0. The van der Waals surface area contributed by atoms with Crippen molar-refractivity contribution >= 4 is 27.3 Å². The molecule has 1 aliphatic carbocycles. The van der Waals surface area contributed by atoms with Gasteiger partial charge in [0, 0.05) is 11.4 Å². The van der Waals surface area contributed by atoms with E-state index >= 15 is 0 Å². The lowest BCUT2D eigenvalue weighted by Gasteiger charge is -2.40. The molecule has 0 radical (unpaired) electrons. The van der Waals surface area contributed by atoms with Gasteiger partial charge in [0.25, 0.3) is 10.0 Å². The topological polar surface area (TPSA) is 75.3 Å². The maximum Gasteiger partial charge on any atom is 0.261 e. The van der Waals surface area contributed by atoms with Crippen LogP contribution in [0.25, 0.3) is 0 Å². The number of halogens is 2. The molecular formula is C23H20F2N2O3S. The number of hydrogen-bond donors (Lipinski definition) is 2. The predicted molar refractivity (Wildman–Crippen MR) is 114 cm³/mol. The largest absolute Gasteiger partial charge is 0.325 e. The van der Waals surface area contributed by atoms with Gasteiger partial charge in [-0.3, -0.25) is 9.52 Å². The summed E-state index contributed by atoms with van der Waals surface area (Å²) in [6.07, 6.45) is 2.26. The Morgan fingerprint density at radius 3 is 2.06 bits per heavy atom. The first-order chi connectivity index (χ1) is 14.8. The molecule has 0 bridgehead atoms. The zero-order chi connectivity index (χ0) is 22.1. The Labute approximate surface area is 179 Å². The van der Waals surface area contributed by atoms with E-state index in [1.807, 2.05) is 0 Å². The Balaban J connectivity index is 1.47. The van der Waals surface area contributed by atoms with E-state index in [9.17, 15) is 22.0 Å². The summed E-state index contributed by atoms with van der Waals surface area (Å²) >= 11 is 0. The first-order valence-corrected chi connectivity index (χ1v) is 11.2. The number of nitrogens with one attached hydrogen (secondary N) is 2. The fourth-order valence-electron chi connectivity index (χ4n) is 3.67. The predicted octanol–water partition coefficient (Wildman–Crippen LogP) is 4.83. The molecule has 3 aromatic rings. The highest BCUT2D eigenvalue weighted by Crippen LogP contribution is 2.44. The molecule has 1 fully saturated rings. The third kappa shape index (κ3) is 4.29. The molecule has 1 amide bonds. The van der Waals surface area contributed by atoms with Crippen LogP contribution in [-0.4, -0.2) is 14.3 Å². The molecule has 31 heavy (non-hydrogen) atoms. The Bertz CT molecular complexity index is 1210. The van der Waals surface area contributed by atoms with E-state index in [4.69, 9.17) is 0 Å². The molecule has 0 unspecified atom stereocenters. The number of hydrogen-bond acceptors (Lipinski definition) is 3. The average Bonchev–Trinajstić information content (AvgIpc) is 2.70. The smallest absolute Gasteiger partial charge is 0.261 e. The average molecular weight is 442 g/mol. The second-order valence-electron chi connectivity index (χ2n) is 7.54. The van der Waals surface area contributed by atoms with Crippen LogP contribution in [0.2, 0.25) is 0 Å². The summed E-state index contributed by atoms with van der Waals surface area (Å²) in [4.78, 5) is 12.8. The quantitative estimate of drug-likeness (QED) is 0.574. The van der Waals surface area contributed by atoms with E-state index < -0.39 is 21.3 Å². The van der Waals surface area contributed by atoms with Crippen molar-refractivity contribution in [3.05, 3.63) is 90.0 Å². The van der Waals surface area contributed by atoms with Crippen LogP contribution >= 0.6 is 0 Å². The van der Waals surface area contributed by atoms with Crippen LogP contribution < -0.4 is 10.0 Å². The summed E-state index contributed by atoms with van der Waals surface area (Å²) in [5.41, 5.74) is 0.870. The molecular weight excluding hydrogens is 422 g/mol. The molecule has 0 heterocycles. The molecule has 8 heteroatoms. The molecule has 1 saturated carbocycles. The molecule has 1 aliphatic rings. The van der Waals surface area contributed by atoms with Gasteiger partial charge in [0.2, 0.25) is 5.91 Å². The molecule has 0 aliphatic heterocycles. The molecule has 0 saturated heterocycles. The maximum atomic E-state index is 13.3. The Hall–Kier alpha value is -3.26. The Kier molecular flexibility index (Phi) is 5.49. The highest BCUT2D eigenvalue weighted by Gasteiger charge is 2.45. The Morgan fingerprint density at radius 2 is 1.48 bits per heavy atom. The second-order valence-corrected chi connectivity index (χ2v) is 9.22. The highest BCUT2D eigenvalue weighted by atomic mass is 32.2. The van der Waals surface area contributed by atoms with Crippen molar-refractivity contribution in [3.63, 3.8) is 0 Å². The van der Waals surface area contributed by atoms with E-state index in [-0.39, 0.29) is 22.3 Å². The molecule has 4 rings (SSSR count). The maximum absolute atomic E-state index is 13.3. The van der Waals surface area contributed by atoms with Gasteiger partial charge in [0.15, 0.2) is 0 Å². The third-order valence-corrected chi connectivity index (χ3v) is 6.92. The lowest BCUT2D eigenvalue weighted by Crippen LogP contribution is -2.46. The first kappa shape index (κ1) is 21.0. The second kappa shape index (κ2) is 8.11. The summed E-state index contributed by atoms with van der Waals surface area (Å²) in [5, 5.41) is 2.87. The van der Waals surface area contributed by atoms with Gasteiger partial charge in [-0.25, -0.2) is 17.2 Å². The van der Waals surface area contributed by atoms with Crippen molar-refractivity contribution in [2.75, 3.05) is 10.0 Å². The molecule has 2 N–H and O–H groups in total. The van der Waals surface area contributed by atoms with Crippen LogP contribution in [0.5, 0.6) is 0 Å². The lowest BCUT2D eigenvalue weighted by molar-refractivity contribution is -0.124. The fourth-order valence-corrected chi connectivity index (χ4v) is 4.76. The summed E-state index contributed by atoms with van der Waals surface area (Å²) in [6.45, 7) is 0. The van der Waals surface area contributed by atoms with Crippen LogP contribution in [0, 0.1) is 11.6 Å². The minimum absolute atomic E-state index is 0.182. The number of carbonyl (C=O) groups excluding carboxylic acids is 1. The van der Waals surface area contributed by atoms with Gasteiger partial charge in [-0.05, 0) is 73.0 Å². The number of amides is 1. The zero-order valence-corrected chi connectivity index (χ0v) is 17.3. The highest BCUT2D eigenvalue weighted by molar-refractivity contribution is 7.92. The van der Waals surface area contributed by atoms with Crippen LogP contribution in [0.3, 0.4) is 0 Å². The lowest BCUT2D eigenvalue weighted by atomic mass is 9.64. The van der Waals surface area contributed by atoms with Gasteiger partial charge in [0.1, 0.15) is 11.6 Å². The van der Waals surface area contributed by atoms with E-state index in [0.717, 1.165) is 24.1 Å². The number of carbonyl (C=O) groups is 1. The molecule has 160 valence electrons. The number of rotatable bonds is 6. The van der Waals surface area contributed by atoms with Crippen LogP contribution in [0.1, 0.15) is 24.8 Å². The molecule has 5 nitrogen and oxygen atoms in total. The summed E-state index contributed by atoms with van der Waals surface area (Å²) in [6, 6.07) is 16.9. The summed E-state index contributed by atoms with van der Waals surface area (Å²) in [5.74, 6) is -1.18. The SMILES string of the molecule is O=C(Nc1ccc(NS(=O)(=O)c2cccc(F)c2)cc1)C1(c2ccc(F)cc2)CCC1. The van der Waals surface area contributed by atoms with Gasteiger partial charge in [-0.2, -0.15) is 0 Å². The minimum Gasteiger partial charge on any atom is -0.325 e. The molecule has 0 spiro atoms. The van der Waals surface area contributed by atoms with Gasteiger partial charge >= 0.3 is 0 Å². The van der Waals surface area contributed by atoms with Crippen LogP contribution in [0.4, 0.5) is 20.2 Å². The standard InChI is InChI=1S/C23H20F2N2O3S/c24-17-7-5-16(6-8-17)23(13-2-14-23)22(28)26-19-9-11-20(12-10-19)27-31(29,30)21-4-1-3-18(25)15-21/h1,3-12,15,27H,2,13-14H2,(H,26,28). The summed E-state index contributed by atoms with van der Waals surface area (Å²) < 4.78 is 53.8. The number of sulfonamides is 1. The third-order valence-electron chi connectivity index (χ3n) is 5.54. The monoisotopic (exact) mass is 442 g/mol. The van der Waals surface area contributed by atoms with Gasteiger partial charge in [0.05, 0.1) is 10.3 Å². The van der Waals surface area contributed by atoms with Crippen molar-refractivity contribution < 1.29 is 22.0 Å². The first-order valence-electron chi connectivity index (χ1n) is 9.74. The van der Waals surface area contributed by atoms with E-state index in [2.05, 4.69) is 10.0 Å². The Morgan fingerprint density at radius 1 is 0.839 bits per heavy atom. The van der Waals surface area contributed by atoms with Gasteiger partial charge < -0.3 is 5.32 Å². The van der Waals surface area contributed by atoms with Crippen LogP contribution in [0.15, 0.2) is 77.7 Å². The number of anilines is 2. The van der Waals surface area contributed by atoms with Crippen molar-refractivity contribution in [1.82, 2.24) is 0 Å². The van der Waals surface area contributed by atoms with E-state index in [0.29, 0.717) is 18.5 Å². The molecule has 3 aromatic carbocycles. The summed E-state index contributed by atoms with van der Waals surface area (Å²) in [7, 11) is -3.94.